The Morgan fingerprint density at radius 2 is 2.04 bits per heavy atom. The molecule has 132 valence electrons. The van der Waals surface area contributed by atoms with Gasteiger partial charge in [0.15, 0.2) is 0 Å². The van der Waals surface area contributed by atoms with Crippen LogP contribution in [0.25, 0.3) is 0 Å². The minimum Gasteiger partial charge on any atom is -0.370 e. The topological polar surface area (TPSA) is 85.5 Å². The van der Waals surface area contributed by atoms with Crippen LogP contribution in [0.4, 0.5) is 0 Å². The van der Waals surface area contributed by atoms with E-state index in [-0.39, 0.29) is 11.7 Å². The zero-order chi connectivity index (χ0) is 17.1. The van der Waals surface area contributed by atoms with E-state index in [0.717, 1.165) is 25.7 Å². The lowest BCUT2D eigenvalue weighted by Gasteiger charge is -2.29. The van der Waals surface area contributed by atoms with Crippen molar-refractivity contribution in [2.75, 3.05) is 26.0 Å². The lowest BCUT2D eigenvalue weighted by Crippen LogP contribution is -2.40. The predicted octanol–water partition coefficient (Wildman–Crippen LogP) is 2.26. The summed E-state index contributed by atoms with van der Waals surface area (Å²) in [5.41, 5.74) is -0.536. The number of nitrogens with zero attached hydrogens (tertiary/aromatic N) is 3. The van der Waals surface area contributed by atoms with Crippen LogP contribution in [-0.4, -0.2) is 48.8 Å². The first kappa shape index (κ1) is 18.4. The van der Waals surface area contributed by atoms with Crippen molar-refractivity contribution in [3.8, 4) is 0 Å². The summed E-state index contributed by atoms with van der Waals surface area (Å²) in [5.74, 6) is 1.14. The van der Waals surface area contributed by atoms with Crippen LogP contribution < -0.4 is 0 Å². The van der Waals surface area contributed by atoms with Crippen LogP contribution in [0.5, 0.6) is 0 Å². The van der Waals surface area contributed by atoms with E-state index < -0.39 is 15.6 Å². The molecule has 7 nitrogen and oxygen atoms in total. The van der Waals surface area contributed by atoms with Crippen molar-refractivity contribution in [3.63, 3.8) is 0 Å². The fourth-order valence-corrected chi connectivity index (χ4v) is 4.29. The Morgan fingerprint density at radius 3 is 2.61 bits per heavy atom. The number of methoxy groups -OCH3 is 1. The Kier molecular flexibility index (Phi) is 5.80. The number of ether oxygens (including phenoxy) is 1. The molecule has 2 heterocycles. The van der Waals surface area contributed by atoms with E-state index in [2.05, 4.69) is 10.1 Å². The van der Waals surface area contributed by atoms with Gasteiger partial charge in [-0.25, -0.2) is 12.7 Å². The Hall–Kier alpha value is -0.990. The molecule has 8 heteroatoms. The van der Waals surface area contributed by atoms with Crippen LogP contribution in [0.3, 0.4) is 0 Å². The molecule has 2 rings (SSSR count). The van der Waals surface area contributed by atoms with Crippen LogP contribution in [0.1, 0.15) is 64.1 Å². The highest BCUT2D eigenvalue weighted by atomic mass is 32.2. The Balaban J connectivity index is 2.20. The SMILES string of the molecule is CCC(CC)(OC)c1noc(C2CCCN(S(=O)(=O)CC)C2)n1. The average Bonchev–Trinajstić information content (AvgIpc) is 3.08. The average molecular weight is 345 g/mol. The fourth-order valence-electron chi connectivity index (χ4n) is 3.11. The molecular formula is C15H27N3O4S. The van der Waals surface area contributed by atoms with E-state index in [1.807, 2.05) is 13.8 Å². The molecule has 0 spiro atoms. The number of rotatable bonds is 7. The molecule has 1 atom stereocenters. The van der Waals surface area contributed by atoms with Gasteiger partial charge >= 0.3 is 0 Å². The van der Waals surface area contributed by atoms with Crippen molar-refractivity contribution < 1.29 is 17.7 Å². The molecular weight excluding hydrogens is 318 g/mol. The third-order valence-electron chi connectivity index (χ3n) is 4.87. The summed E-state index contributed by atoms with van der Waals surface area (Å²) in [7, 11) is -1.53. The van der Waals surface area contributed by atoms with Crippen molar-refractivity contribution in [3.05, 3.63) is 11.7 Å². The highest BCUT2D eigenvalue weighted by molar-refractivity contribution is 7.89. The zero-order valence-corrected chi connectivity index (χ0v) is 15.2. The molecule has 0 amide bonds. The summed E-state index contributed by atoms with van der Waals surface area (Å²) >= 11 is 0. The van der Waals surface area contributed by atoms with E-state index in [1.54, 1.807) is 14.0 Å². The van der Waals surface area contributed by atoms with Gasteiger partial charge in [-0.05, 0) is 32.6 Å². The maximum Gasteiger partial charge on any atom is 0.231 e. The first-order valence-electron chi connectivity index (χ1n) is 8.29. The van der Waals surface area contributed by atoms with Gasteiger partial charge in [0, 0.05) is 20.2 Å². The minimum atomic E-state index is -3.18. The van der Waals surface area contributed by atoms with Crippen molar-refractivity contribution in [2.24, 2.45) is 0 Å². The highest BCUT2D eigenvalue weighted by Crippen LogP contribution is 2.33. The lowest BCUT2D eigenvalue weighted by atomic mass is 9.96. The fraction of sp³-hybridized carbons (Fsp3) is 0.867. The number of sulfonamides is 1. The van der Waals surface area contributed by atoms with Crippen molar-refractivity contribution in [1.82, 2.24) is 14.4 Å². The molecule has 1 aromatic heterocycles. The maximum absolute atomic E-state index is 12.1. The molecule has 0 aromatic carbocycles. The summed E-state index contributed by atoms with van der Waals surface area (Å²) < 4.78 is 36.8. The second-order valence-corrected chi connectivity index (χ2v) is 8.22. The van der Waals surface area contributed by atoms with E-state index >= 15 is 0 Å². The molecule has 1 aromatic rings. The van der Waals surface area contributed by atoms with Gasteiger partial charge in [-0.3, -0.25) is 0 Å². The molecule has 0 radical (unpaired) electrons. The summed E-state index contributed by atoms with van der Waals surface area (Å²) in [6, 6.07) is 0. The van der Waals surface area contributed by atoms with Crippen LogP contribution in [0, 0.1) is 0 Å². The summed E-state index contributed by atoms with van der Waals surface area (Å²) in [5, 5.41) is 4.10. The molecule has 1 aliphatic rings. The normalized spacial score (nSPS) is 20.8. The molecule has 23 heavy (non-hydrogen) atoms. The van der Waals surface area contributed by atoms with Gasteiger partial charge in [0.1, 0.15) is 5.60 Å². The van der Waals surface area contributed by atoms with Gasteiger partial charge in [0.05, 0.1) is 11.7 Å². The Morgan fingerprint density at radius 1 is 1.35 bits per heavy atom. The minimum absolute atomic E-state index is 0.0467. The third-order valence-corrected chi connectivity index (χ3v) is 6.72. The van der Waals surface area contributed by atoms with Crippen LogP contribution in [-0.2, 0) is 20.4 Å². The van der Waals surface area contributed by atoms with Crippen molar-refractivity contribution >= 4 is 10.0 Å². The number of piperidine rings is 1. The van der Waals surface area contributed by atoms with E-state index in [9.17, 15) is 8.42 Å². The summed E-state index contributed by atoms with van der Waals surface area (Å²) in [6.07, 6.45) is 3.16. The van der Waals surface area contributed by atoms with Gasteiger partial charge in [-0.1, -0.05) is 19.0 Å². The smallest absolute Gasteiger partial charge is 0.231 e. The largest absolute Gasteiger partial charge is 0.370 e. The Bertz CT molecular complexity index is 602. The summed E-state index contributed by atoms with van der Waals surface area (Å²) in [4.78, 5) is 4.54. The summed E-state index contributed by atoms with van der Waals surface area (Å²) in [6.45, 7) is 6.70. The first-order valence-corrected chi connectivity index (χ1v) is 9.90. The van der Waals surface area contributed by atoms with E-state index in [4.69, 9.17) is 9.26 Å². The molecule has 0 bridgehead atoms. The second kappa shape index (κ2) is 7.27. The maximum atomic E-state index is 12.1. The zero-order valence-electron chi connectivity index (χ0n) is 14.4. The molecule has 0 N–H and O–H groups in total. The van der Waals surface area contributed by atoms with Crippen LogP contribution >= 0.6 is 0 Å². The van der Waals surface area contributed by atoms with Gasteiger partial charge in [0.2, 0.25) is 21.7 Å². The quantitative estimate of drug-likeness (QED) is 0.753. The van der Waals surface area contributed by atoms with E-state index in [1.165, 1.54) is 4.31 Å². The highest BCUT2D eigenvalue weighted by Gasteiger charge is 2.36. The van der Waals surface area contributed by atoms with Crippen molar-refractivity contribution in [1.29, 1.82) is 0 Å². The second-order valence-electron chi connectivity index (χ2n) is 5.96. The molecule has 1 aliphatic heterocycles. The lowest BCUT2D eigenvalue weighted by molar-refractivity contribution is -0.0306. The van der Waals surface area contributed by atoms with E-state index in [0.29, 0.717) is 24.8 Å². The molecule has 1 unspecified atom stereocenters. The van der Waals surface area contributed by atoms with Gasteiger partial charge < -0.3 is 9.26 Å². The monoisotopic (exact) mass is 345 g/mol. The first-order chi connectivity index (χ1) is 10.9. The van der Waals surface area contributed by atoms with Crippen LogP contribution in [0.2, 0.25) is 0 Å². The van der Waals surface area contributed by atoms with Gasteiger partial charge in [0.25, 0.3) is 0 Å². The Labute approximate surface area is 138 Å². The molecule has 1 saturated heterocycles. The molecule has 1 fully saturated rings. The molecule has 0 saturated carbocycles. The van der Waals surface area contributed by atoms with Crippen molar-refractivity contribution in [2.45, 2.75) is 58.0 Å². The standard InChI is InChI=1S/C15H27N3O4S/c1-5-15(6-2,21-4)14-16-13(22-17-14)12-9-8-10-18(11-12)23(19,20)7-3/h12H,5-11H2,1-4H3. The number of hydrogen-bond acceptors (Lipinski definition) is 6. The predicted molar refractivity (Wildman–Crippen MR) is 86.6 cm³/mol. The molecule has 0 aliphatic carbocycles. The van der Waals surface area contributed by atoms with Gasteiger partial charge in [-0.2, -0.15) is 4.98 Å². The van der Waals surface area contributed by atoms with Crippen LogP contribution in [0.15, 0.2) is 4.52 Å². The van der Waals surface area contributed by atoms with Gasteiger partial charge in [-0.15, -0.1) is 0 Å². The third kappa shape index (κ3) is 3.59. The number of aromatic nitrogens is 2. The number of hydrogen-bond donors (Lipinski definition) is 0.